The van der Waals surface area contributed by atoms with Gasteiger partial charge in [0.25, 0.3) is 0 Å². The number of nitrogens with zero attached hydrogens (tertiary/aromatic N) is 1. The van der Waals surface area contributed by atoms with Crippen LogP contribution in [0.25, 0.3) is 0 Å². The van der Waals surface area contributed by atoms with E-state index in [9.17, 15) is 4.79 Å². The van der Waals surface area contributed by atoms with E-state index in [1.165, 1.54) is 12.8 Å². The maximum atomic E-state index is 11.5. The van der Waals surface area contributed by atoms with Gasteiger partial charge in [-0.05, 0) is 50.8 Å². The highest BCUT2D eigenvalue weighted by atomic mass is 16.5. The maximum absolute atomic E-state index is 11.5. The van der Waals surface area contributed by atoms with Gasteiger partial charge in [-0.25, -0.2) is 0 Å². The van der Waals surface area contributed by atoms with Crippen molar-refractivity contribution in [3.05, 3.63) is 29.8 Å². The fourth-order valence-electron chi connectivity index (χ4n) is 2.94. The molecule has 1 heterocycles. The predicted molar refractivity (Wildman–Crippen MR) is 82.8 cm³/mol. The smallest absolute Gasteiger partial charge is 0.163 e. The summed E-state index contributed by atoms with van der Waals surface area (Å²) in [7, 11) is 0. The average Bonchev–Trinajstić information content (AvgIpc) is 2.48. The average molecular weight is 291 g/mol. The van der Waals surface area contributed by atoms with Gasteiger partial charge in [0.05, 0.1) is 5.56 Å². The van der Waals surface area contributed by atoms with Gasteiger partial charge in [-0.15, -0.1) is 0 Å². The van der Waals surface area contributed by atoms with E-state index in [4.69, 9.17) is 9.84 Å². The summed E-state index contributed by atoms with van der Waals surface area (Å²) in [6.45, 7) is 5.44. The maximum Gasteiger partial charge on any atom is 0.163 e. The second-order valence-corrected chi connectivity index (χ2v) is 5.72. The molecule has 1 fully saturated rings. The monoisotopic (exact) mass is 291 g/mol. The Morgan fingerprint density at radius 2 is 2.24 bits per heavy atom. The van der Waals surface area contributed by atoms with Crippen LogP contribution in [0, 0.1) is 5.92 Å². The van der Waals surface area contributed by atoms with Gasteiger partial charge in [0.2, 0.25) is 0 Å². The van der Waals surface area contributed by atoms with Crippen LogP contribution < -0.4 is 4.74 Å². The largest absolute Gasteiger partial charge is 0.491 e. The van der Waals surface area contributed by atoms with Crippen molar-refractivity contribution in [2.24, 2.45) is 5.92 Å². The third-order valence-electron chi connectivity index (χ3n) is 4.07. The molecule has 4 heteroatoms. The molecule has 0 saturated carbocycles. The molecule has 1 atom stereocenters. The minimum absolute atomic E-state index is 0.0339. The molecule has 0 amide bonds. The zero-order valence-electron chi connectivity index (χ0n) is 12.8. The third-order valence-corrected chi connectivity index (χ3v) is 4.07. The van der Waals surface area contributed by atoms with Gasteiger partial charge < -0.3 is 9.84 Å². The van der Waals surface area contributed by atoms with Gasteiger partial charge in [0.1, 0.15) is 12.4 Å². The van der Waals surface area contributed by atoms with Crippen molar-refractivity contribution < 1.29 is 14.6 Å². The molecular weight excluding hydrogens is 266 g/mol. The van der Waals surface area contributed by atoms with E-state index in [1.807, 2.05) is 18.2 Å². The summed E-state index contributed by atoms with van der Waals surface area (Å²) in [5, 5.41) is 9.04. The summed E-state index contributed by atoms with van der Waals surface area (Å²) in [6.07, 6.45) is 3.30. The number of aliphatic hydroxyl groups is 1. The zero-order valence-corrected chi connectivity index (χ0v) is 12.8. The number of aliphatic hydroxyl groups excluding tert-OH is 1. The van der Waals surface area contributed by atoms with Crippen molar-refractivity contribution in [3.8, 4) is 5.75 Å². The van der Waals surface area contributed by atoms with Crippen molar-refractivity contribution >= 4 is 5.78 Å². The molecule has 1 aromatic carbocycles. The second-order valence-electron chi connectivity index (χ2n) is 5.72. The number of likely N-dealkylation sites (tertiary alicyclic amines) is 1. The van der Waals surface area contributed by atoms with Gasteiger partial charge in [0.15, 0.2) is 5.78 Å². The van der Waals surface area contributed by atoms with Crippen LogP contribution >= 0.6 is 0 Å². The van der Waals surface area contributed by atoms with Gasteiger partial charge in [-0.3, -0.25) is 9.69 Å². The van der Waals surface area contributed by atoms with Crippen molar-refractivity contribution in [2.75, 3.05) is 32.8 Å². The number of ketones is 1. The summed E-state index contributed by atoms with van der Waals surface area (Å²) in [6, 6.07) is 7.39. The zero-order chi connectivity index (χ0) is 15.1. The molecule has 1 saturated heterocycles. The lowest BCUT2D eigenvalue weighted by Gasteiger charge is -2.32. The highest BCUT2D eigenvalue weighted by Gasteiger charge is 2.19. The van der Waals surface area contributed by atoms with E-state index in [-0.39, 0.29) is 12.4 Å². The van der Waals surface area contributed by atoms with Crippen molar-refractivity contribution in [1.82, 2.24) is 4.90 Å². The van der Waals surface area contributed by atoms with Gasteiger partial charge in [0, 0.05) is 19.7 Å². The van der Waals surface area contributed by atoms with Gasteiger partial charge in [-0.1, -0.05) is 12.1 Å². The van der Waals surface area contributed by atoms with Gasteiger partial charge >= 0.3 is 0 Å². The first kappa shape index (κ1) is 16.0. The molecule has 1 N–H and O–H groups in total. The molecule has 2 rings (SSSR count). The first-order chi connectivity index (χ1) is 10.2. The Bertz CT molecular complexity index is 459. The van der Waals surface area contributed by atoms with E-state index >= 15 is 0 Å². The Morgan fingerprint density at radius 3 is 3.00 bits per heavy atom. The Kier molecular flexibility index (Phi) is 6.21. The molecule has 116 valence electrons. The summed E-state index contributed by atoms with van der Waals surface area (Å²) >= 11 is 0. The van der Waals surface area contributed by atoms with Crippen molar-refractivity contribution in [2.45, 2.75) is 26.2 Å². The first-order valence-corrected chi connectivity index (χ1v) is 7.76. The van der Waals surface area contributed by atoms with Crippen LogP contribution in [0.4, 0.5) is 0 Å². The topological polar surface area (TPSA) is 49.8 Å². The van der Waals surface area contributed by atoms with E-state index in [0.717, 1.165) is 26.1 Å². The molecule has 1 aliphatic heterocycles. The van der Waals surface area contributed by atoms with Crippen LogP contribution in [0.5, 0.6) is 5.75 Å². The SMILES string of the molecule is CC(=O)c1ccccc1OCCN1CCCC(CCO)C1. The van der Waals surface area contributed by atoms with E-state index in [2.05, 4.69) is 4.90 Å². The molecule has 0 aromatic heterocycles. The van der Waals surface area contributed by atoms with Crippen LogP contribution in [0.2, 0.25) is 0 Å². The number of rotatable bonds is 7. The lowest BCUT2D eigenvalue weighted by Crippen LogP contribution is -2.38. The Balaban J connectivity index is 1.80. The summed E-state index contributed by atoms with van der Waals surface area (Å²) < 4.78 is 5.78. The highest BCUT2D eigenvalue weighted by molar-refractivity contribution is 5.96. The molecule has 21 heavy (non-hydrogen) atoms. The van der Waals surface area contributed by atoms with Crippen LogP contribution in [-0.2, 0) is 0 Å². The lowest BCUT2D eigenvalue weighted by molar-refractivity contribution is 0.101. The fraction of sp³-hybridized carbons (Fsp3) is 0.588. The number of hydrogen-bond acceptors (Lipinski definition) is 4. The number of carbonyl (C=O) groups excluding carboxylic acids is 1. The fourth-order valence-corrected chi connectivity index (χ4v) is 2.94. The molecule has 1 aromatic rings. The number of hydrogen-bond donors (Lipinski definition) is 1. The third kappa shape index (κ3) is 4.83. The number of Topliss-reactive ketones (excluding diaryl/α,β-unsaturated/α-hetero) is 1. The summed E-state index contributed by atoms with van der Waals surface area (Å²) in [5.41, 5.74) is 0.648. The molecule has 0 bridgehead atoms. The van der Waals surface area contributed by atoms with Crippen LogP contribution in [-0.4, -0.2) is 48.6 Å². The van der Waals surface area contributed by atoms with Crippen molar-refractivity contribution in [1.29, 1.82) is 0 Å². The molecule has 4 nitrogen and oxygen atoms in total. The molecule has 0 aliphatic carbocycles. The van der Waals surface area contributed by atoms with E-state index in [0.29, 0.717) is 23.8 Å². The van der Waals surface area contributed by atoms with Crippen molar-refractivity contribution in [3.63, 3.8) is 0 Å². The Labute approximate surface area is 126 Å². The molecule has 0 spiro atoms. The molecule has 1 aliphatic rings. The molecular formula is C17H25NO3. The van der Waals surface area contributed by atoms with Crippen LogP contribution in [0.3, 0.4) is 0 Å². The predicted octanol–water partition coefficient (Wildman–Crippen LogP) is 2.36. The number of para-hydroxylation sites is 1. The molecule has 1 unspecified atom stereocenters. The second kappa shape index (κ2) is 8.15. The number of ether oxygens (including phenoxy) is 1. The number of carbonyl (C=O) groups is 1. The normalized spacial score (nSPS) is 19.4. The van der Waals surface area contributed by atoms with Crippen LogP contribution in [0.15, 0.2) is 24.3 Å². The minimum atomic E-state index is 0.0339. The van der Waals surface area contributed by atoms with E-state index in [1.54, 1.807) is 13.0 Å². The van der Waals surface area contributed by atoms with E-state index < -0.39 is 0 Å². The standard InChI is InChI=1S/C17H25NO3/c1-14(20)16-6-2-3-7-17(16)21-12-10-18-9-4-5-15(13-18)8-11-19/h2-3,6-7,15,19H,4-5,8-13H2,1H3. The Morgan fingerprint density at radius 1 is 1.43 bits per heavy atom. The number of benzene rings is 1. The minimum Gasteiger partial charge on any atom is -0.491 e. The Hall–Kier alpha value is -1.39. The van der Waals surface area contributed by atoms with Crippen LogP contribution in [0.1, 0.15) is 36.5 Å². The summed E-state index contributed by atoms with van der Waals surface area (Å²) in [5.74, 6) is 1.31. The summed E-state index contributed by atoms with van der Waals surface area (Å²) in [4.78, 5) is 13.9. The highest BCUT2D eigenvalue weighted by Crippen LogP contribution is 2.20. The quantitative estimate of drug-likeness (QED) is 0.784. The molecule has 0 radical (unpaired) electrons. The first-order valence-electron chi connectivity index (χ1n) is 7.76. The number of piperidine rings is 1. The lowest BCUT2D eigenvalue weighted by atomic mass is 9.95. The van der Waals surface area contributed by atoms with Gasteiger partial charge in [-0.2, -0.15) is 0 Å².